The zero-order valence-corrected chi connectivity index (χ0v) is 7.29. The Morgan fingerprint density at radius 3 is 2.17 bits per heavy atom. The monoisotopic (exact) mass is 168 g/mol. The van der Waals surface area contributed by atoms with Crippen LogP contribution in [0.5, 0.6) is 0 Å². The fourth-order valence-corrected chi connectivity index (χ4v) is 4.15. The summed E-state index contributed by atoms with van der Waals surface area (Å²) in [6.45, 7) is 0. The van der Waals surface area contributed by atoms with E-state index in [1.807, 2.05) is 0 Å². The molecule has 2 unspecified atom stereocenters. The zero-order chi connectivity index (χ0) is 8.40. The van der Waals surface area contributed by atoms with E-state index in [1.54, 1.807) is 0 Å². The van der Waals surface area contributed by atoms with Crippen LogP contribution in [0.1, 0.15) is 38.5 Å². The molecule has 0 heterocycles. The highest BCUT2D eigenvalue weighted by Gasteiger charge is 2.69. The van der Waals surface area contributed by atoms with Crippen LogP contribution in [0.4, 0.5) is 0 Å². The van der Waals surface area contributed by atoms with E-state index in [0.29, 0.717) is 5.92 Å². The summed E-state index contributed by atoms with van der Waals surface area (Å²) >= 11 is 0. The molecule has 2 atom stereocenters. The van der Waals surface area contributed by atoms with E-state index < -0.39 is 11.7 Å². The summed E-state index contributed by atoms with van der Waals surface area (Å²) in [6.07, 6.45) is 6.07. The lowest BCUT2D eigenvalue weighted by atomic mass is 9.78. The Hall–Kier alpha value is -0.0800. The second-order valence-corrected chi connectivity index (χ2v) is 4.93. The normalized spacial score (nSPS) is 62.5. The molecule has 0 aromatic carbocycles. The highest BCUT2D eigenvalue weighted by Crippen LogP contribution is 2.67. The Bertz CT molecular complexity index is 218. The van der Waals surface area contributed by atoms with Crippen molar-refractivity contribution in [1.82, 2.24) is 0 Å². The number of aliphatic hydroxyl groups excluding tert-OH is 1. The molecule has 0 aromatic rings. The van der Waals surface area contributed by atoms with Crippen molar-refractivity contribution in [2.75, 3.05) is 0 Å². The fourth-order valence-electron chi connectivity index (χ4n) is 4.15. The van der Waals surface area contributed by atoms with Gasteiger partial charge in [-0.1, -0.05) is 0 Å². The summed E-state index contributed by atoms with van der Waals surface area (Å²) in [5.74, 6) is 0.412. The van der Waals surface area contributed by atoms with Crippen LogP contribution in [0.15, 0.2) is 0 Å². The Morgan fingerprint density at radius 1 is 1.00 bits per heavy atom. The van der Waals surface area contributed by atoms with Crippen LogP contribution < -0.4 is 0 Å². The maximum absolute atomic E-state index is 10.4. The van der Waals surface area contributed by atoms with Gasteiger partial charge in [0.15, 0.2) is 0 Å². The summed E-state index contributed by atoms with van der Waals surface area (Å²) in [5.41, 5.74) is -0.538. The largest absolute Gasteiger partial charge is 0.390 e. The first-order valence-electron chi connectivity index (χ1n) is 5.09. The molecular weight excluding hydrogens is 152 g/mol. The SMILES string of the molecule is OC1CCC23CCC(CC2)C13O. The van der Waals surface area contributed by atoms with Gasteiger partial charge in [0.05, 0.1) is 11.7 Å². The van der Waals surface area contributed by atoms with Crippen LogP contribution >= 0.6 is 0 Å². The van der Waals surface area contributed by atoms with Crippen molar-refractivity contribution in [2.24, 2.45) is 11.3 Å². The molecule has 3 aliphatic rings. The lowest BCUT2D eigenvalue weighted by molar-refractivity contribution is -0.107. The average Bonchev–Trinajstić information content (AvgIpc) is 2.60. The molecule has 2 bridgehead atoms. The summed E-state index contributed by atoms with van der Waals surface area (Å²) in [4.78, 5) is 0. The molecule has 0 saturated heterocycles. The third kappa shape index (κ3) is 0.521. The van der Waals surface area contributed by atoms with E-state index in [9.17, 15) is 10.2 Å². The van der Waals surface area contributed by atoms with Gasteiger partial charge in [0.25, 0.3) is 0 Å². The standard InChI is InChI=1S/C10H16O2/c11-8-3-6-9-4-1-7(2-5-9)10(8,9)12/h7-8,11-12H,1-6H2. The molecule has 12 heavy (non-hydrogen) atoms. The Kier molecular flexibility index (Phi) is 1.15. The van der Waals surface area contributed by atoms with Gasteiger partial charge in [0.2, 0.25) is 0 Å². The van der Waals surface area contributed by atoms with Gasteiger partial charge in [0, 0.05) is 5.41 Å². The predicted molar refractivity (Wildman–Crippen MR) is 44.6 cm³/mol. The van der Waals surface area contributed by atoms with Crippen LogP contribution in [-0.4, -0.2) is 21.9 Å². The van der Waals surface area contributed by atoms with Crippen molar-refractivity contribution in [1.29, 1.82) is 0 Å². The van der Waals surface area contributed by atoms with E-state index in [0.717, 1.165) is 38.5 Å². The highest BCUT2D eigenvalue weighted by atomic mass is 16.3. The maximum Gasteiger partial charge on any atom is 0.0989 e. The van der Waals surface area contributed by atoms with Crippen LogP contribution in [0.2, 0.25) is 0 Å². The van der Waals surface area contributed by atoms with Crippen molar-refractivity contribution in [3.63, 3.8) is 0 Å². The molecule has 3 fully saturated rings. The first-order chi connectivity index (χ1) is 5.69. The first kappa shape index (κ1) is 7.34. The topological polar surface area (TPSA) is 40.5 Å². The van der Waals surface area contributed by atoms with Crippen molar-refractivity contribution in [3.05, 3.63) is 0 Å². The van der Waals surface area contributed by atoms with Crippen LogP contribution in [0, 0.1) is 11.3 Å². The average molecular weight is 168 g/mol. The van der Waals surface area contributed by atoms with Crippen LogP contribution in [0.3, 0.4) is 0 Å². The van der Waals surface area contributed by atoms with Gasteiger partial charge in [-0.2, -0.15) is 0 Å². The molecule has 0 radical (unpaired) electrons. The summed E-state index contributed by atoms with van der Waals surface area (Å²) in [6, 6.07) is 0. The molecule has 0 spiro atoms. The molecule has 3 saturated carbocycles. The van der Waals surface area contributed by atoms with E-state index in [2.05, 4.69) is 0 Å². The van der Waals surface area contributed by atoms with Gasteiger partial charge in [0.1, 0.15) is 0 Å². The Morgan fingerprint density at radius 2 is 1.58 bits per heavy atom. The molecule has 3 aliphatic carbocycles. The molecule has 2 heteroatoms. The van der Waals surface area contributed by atoms with Gasteiger partial charge in [-0.05, 0) is 44.4 Å². The molecule has 0 amide bonds. The summed E-state index contributed by atoms with van der Waals surface area (Å²) in [7, 11) is 0. The minimum Gasteiger partial charge on any atom is -0.390 e. The summed E-state index contributed by atoms with van der Waals surface area (Å²) in [5, 5.41) is 20.2. The molecular formula is C10H16O2. The van der Waals surface area contributed by atoms with Crippen molar-refractivity contribution < 1.29 is 10.2 Å². The Balaban J connectivity index is 2.11. The van der Waals surface area contributed by atoms with E-state index in [1.165, 1.54) is 0 Å². The smallest absolute Gasteiger partial charge is 0.0989 e. The van der Waals surface area contributed by atoms with Crippen molar-refractivity contribution >= 4 is 0 Å². The van der Waals surface area contributed by atoms with Gasteiger partial charge in [-0.3, -0.25) is 0 Å². The lowest BCUT2D eigenvalue weighted by Crippen LogP contribution is -2.46. The van der Waals surface area contributed by atoms with E-state index in [-0.39, 0.29) is 5.41 Å². The highest BCUT2D eigenvalue weighted by molar-refractivity contribution is 5.19. The number of rotatable bonds is 0. The number of aliphatic hydroxyl groups is 2. The first-order valence-corrected chi connectivity index (χ1v) is 5.09. The minimum absolute atomic E-state index is 0.136. The van der Waals surface area contributed by atoms with Gasteiger partial charge in [-0.15, -0.1) is 0 Å². The molecule has 0 aromatic heterocycles. The second-order valence-electron chi connectivity index (χ2n) is 4.93. The van der Waals surface area contributed by atoms with Crippen molar-refractivity contribution in [2.45, 2.75) is 50.2 Å². The van der Waals surface area contributed by atoms with Crippen LogP contribution in [0.25, 0.3) is 0 Å². The minimum atomic E-state index is -0.674. The maximum atomic E-state index is 10.4. The third-order valence-corrected chi connectivity index (χ3v) is 4.82. The number of hydrogen-bond donors (Lipinski definition) is 2. The molecule has 2 nitrogen and oxygen atoms in total. The quantitative estimate of drug-likeness (QED) is 0.568. The van der Waals surface area contributed by atoms with Crippen molar-refractivity contribution in [3.8, 4) is 0 Å². The number of hydrogen-bond acceptors (Lipinski definition) is 2. The second kappa shape index (κ2) is 1.88. The molecule has 68 valence electrons. The molecule has 2 N–H and O–H groups in total. The molecule has 0 aliphatic heterocycles. The zero-order valence-electron chi connectivity index (χ0n) is 7.29. The van der Waals surface area contributed by atoms with E-state index in [4.69, 9.17) is 0 Å². The molecule has 3 rings (SSSR count). The fraction of sp³-hybridized carbons (Fsp3) is 1.00. The third-order valence-electron chi connectivity index (χ3n) is 4.82. The van der Waals surface area contributed by atoms with Gasteiger partial charge < -0.3 is 10.2 Å². The van der Waals surface area contributed by atoms with Gasteiger partial charge >= 0.3 is 0 Å². The Labute approximate surface area is 72.6 Å². The van der Waals surface area contributed by atoms with Gasteiger partial charge in [-0.25, -0.2) is 0 Å². The lowest BCUT2D eigenvalue weighted by Gasteiger charge is -2.34. The predicted octanol–water partition coefficient (Wildman–Crippen LogP) is 1.06. The van der Waals surface area contributed by atoms with E-state index >= 15 is 0 Å². The van der Waals surface area contributed by atoms with Crippen LogP contribution in [-0.2, 0) is 0 Å². The summed E-state index contributed by atoms with van der Waals surface area (Å²) < 4.78 is 0.